The molecule has 2 N–H and O–H groups in total. The third-order valence-electron chi connectivity index (χ3n) is 4.33. The number of carboxylic acids is 2. The summed E-state index contributed by atoms with van der Waals surface area (Å²) in [5.41, 5.74) is 2.30. The predicted molar refractivity (Wildman–Crippen MR) is 86.6 cm³/mol. The van der Waals surface area contributed by atoms with Crippen molar-refractivity contribution in [3.8, 4) is 0 Å². The molecule has 0 aromatic heterocycles. The van der Waals surface area contributed by atoms with Gasteiger partial charge in [0.15, 0.2) is 0 Å². The van der Waals surface area contributed by atoms with Gasteiger partial charge < -0.3 is 10.2 Å². The molecule has 22 heavy (non-hydrogen) atoms. The van der Waals surface area contributed by atoms with Gasteiger partial charge in [0, 0.05) is 0 Å². The Hall–Kier alpha value is -1.84. The van der Waals surface area contributed by atoms with Gasteiger partial charge in [-0.3, -0.25) is 9.59 Å². The van der Waals surface area contributed by atoms with Crippen molar-refractivity contribution < 1.29 is 19.8 Å². The quantitative estimate of drug-likeness (QED) is 0.469. The van der Waals surface area contributed by atoms with Gasteiger partial charge in [0.1, 0.15) is 0 Å². The zero-order chi connectivity index (χ0) is 16.5. The van der Waals surface area contributed by atoms with E-state index in [1.165, 1.54) is 0 Å². The van der Waals surface area contributed by atoms with E-state index in [9.17, 15) is 19.8 Å². The summed E-state index contributed by atoms with van der Waals surface area (Å²) in [7, 11) is 0. The number of hydrogen-bond donors (Lipinski definition) is 2. The second kappa shape index (κ2) is 9.23. The van der Waals surface area contributed by atoms with Crippen LogP contribution in [-0.4, -0.2) is 22.2 Å². The maximum absolute atomic E-state index is 11.4. The first-order chi connectivity index (χ1) is 10.5. The molecular formula is C18H26O4. The topological polar surface area (TPSA) is 74.6 Å². The van der Waals surface area contributed by atoms with Crippen LogP contribution in [0.25, 0.3) is 0 Å². The summed E-state index contributed by atoms with van der Waals surface area (Å²) in [6.45, 7) is 7.40. The maximum Gasteiger partial charge on any atom is 0.307 e. The third kappa shape index (κ3) is 5.17. The number of carboxylic acid groups (broad SMARTS) is 2. The summed E-state index contributed by atoms with van der Waals surface area (Å²) in [4.78, 5) is 22.8. The largest absolute Gasteiger partial charge is 0.481 e. The molecule has 0 radical (unpaired) electrons. The zero-order valence-corrected chi connectivity index (χ0v) is 13.1. The van der Waals surface area contributed by atoms with E-state index in [2.05, 4.69) is 13.2 Å². The highest BCUT2D eigenvalue weighted by molar-refractivity contribution is 5.81. The van der Waals surface area contributed by atoms with Crippen molar-refractivity contribution in [2.45, 2.75) is 51.4 Å². The van der Waals surface area contributed by atoms with Gasteiger partial charge in [-0.05, 0) is 51.4 Å². The molecule has 0 saturated carbocycles. The number of allylic oxidation sites excluding steroid dienone is 4. The second-order valence-electron chi connectivity index (χ2n) is 5.87. The molecule has 4 nitrogen and oxygen atoms in total. The number of unbranched alkanes of at least 4 members (excludes halogenated alkanes) is 2. The Bertz CT molecular complexity index is 420. The number of hydrogen-bond acceptors (Lipinski definition) is 2. The first-order valence-corrected chi connectivity index (χ1v) is 7.88. The van der Waals surface area contributed by atoms with Crippen molar-refractivity contribution in [1.29, 1.82) is 0 Å². The van der Waals surface area contributed by atoms with Crippen LogP contribution in [0.5, 0.6) is 0 Å². The van der Waals surface area contributed by atoms with E-state index in [0.29, 0.717) is 12.8 Å². The van der Waals surface area contributed by atoms with Crippen LogP contribution in [0, 0.1) is 11.8 Å². The fourth-order valence-electron chi connectivity index (χ4n) is 3.10. The highest BCUT2D eigenvalue weighted by Gasteiger charge is 2.38. The van der Waals surface area contributed by atoms with Crippen LogP contribution in [0.2, 0.25) is 0 Å². The molecule has 0 aromatic rings. The average molecular weight is 306 g/mol. The van der Waals surface area contributed by atoms with E-state index in [-0.39, 0.29) is 0 Å². The molecule has 1 aliphatic carbocycles. The second-order valence-corrected chi connectivity index (χ2v) is 5.87. The lowest BCUT2D eigenvalue weighted by Crippen LogP contribution is -2.33. The molecular weight excluding hydrogens is 280 g/mol. The van der Waals surface area contributed by atoms with E-state index < -0.39 is 23.8 Å². The lowest BCUT2D eigenvalue weighted by atomic mass is 9.73. The molecule has 4 heteroatoms. The molecule has 1 rings (SSSR count). The maximum atomic E-state index is 11.4. The average Bonchev–Trinajstić information content (AvgIpc) is 2.48. The Kier molecular flexibility index (Phi) is 7.64. The fraction of sp³-hybridized carbons (Fsp3) is 0.556. The van der Waals surface area contributed by atoms with Gasteiger partial charge in [0.25, 0.3) is 0 Å². The molecule has 2 atom stereocenters. The van der Waals surface area contributed by atoms with Crippen molar-refractivity contribution >= 4 is 11.9 Å². The Balaban J connectivity index is 2.93. The Morgan fingerprint density at radius 1 is 0.909 bits per heavy atom. The molecule has 0 heterocycles. The Morgan fingerprint density at radius 3 is 1.55 bits per heavy atom. The minimum Gasteiger partial charge on any atom is -0.481 e. The van der Waals surface area contributed by atoms with Crippen LogP contribution in [-0.2, 0) is 9.59 Å². The minimum absolute atomic E-state index is 0.368. The molecule has 0 spiro atoms. The van der Waals surface area contributed by atoms with E-state index in [1.807, 2.05) is 12.2 Å². The molecule has 0 saturated heterocycles. The monoisotopic (exact) mass is 306 g/mol. The van der Waals surface area contributed by atoms with Crippen LogP contribution in [0.15, 0.2) is 36.5 Å². The predicted octanol–water partition coefficient (Wildman–Crippen LogP) is 4.19. The molecule has 0 aromatic carbocycles. The van der Waals surface area contributed by atoms with Gasteiger partial charge in [-0.2, -0.15) is 0 Å². The first kappa shape index (κ1) is 18.2. The van der Waals surface area contributed by atoms with Crippen LogP contribution in [0.1, 0.15) is 51.4 Å². The van der Waals surface area contributed by atoms with Crippen molar-refractivity contribution in [2.24, 2.45) is 11.8 Å². The SMILES string of the molecule is C=CCCCC1=C(CCCC=C)CC(C(=O)O)C(C(=O)O)C1. The smallest absolute Gasteiger partial charge is 0.307 e. The molecule has 0 amide bonds. The van der Waals surface area contributed by atoms with Crippen LogP contribution in [0.4, 0.5) is 0 Å². The third-order valence-corrected chi connectivity index (χ3v) is 4.33. The number of carbonyl (C=O) groups is 2. The summed E-state index contributed by atoms with van der Waals surface area (Å²) in [5.74, 6) is -3.61. The summed E-state index contributed by atoms with van der Waals surface area (Å²) in [6, 6.07) is 0. The minimum atomic E-state index is -1.00. The van der Waals surface area contributed by atoms with Gasteiger partial charge in [0.05, 0.1) is 11.8 Å². The summed E-state index contributed by atoms with van der Waals surface area (Å²) in [5, 5.41) is 18.7. The van der Waals surface area contributed by atoms with Gasteiger partial charge >= 0.3 is 11.9 Å². The van der Waals surface area contributed by atoms with Gasteiger partial charge in [-0.25, -0.2) is 0 Å². The van der Waals surface area contributed by atoms with Gasteiger partial charge in [-0.15, -0.1) is 13.2 Å². The van der Waals surface area contributed by atoms with E-state index in [4.69, 9.17) is 0 Å². The highest BCUT2D eigenvalue weighted by atomic mass is 16.4. The van der Waals surface area contributed by atoms with Crippen LogP contribution < -0.4 is 0 Å². The van der Waals surface area contributed by atoms with Crippen LogP contribution >= 0.6 is 0 Å². The van der Waals surface area contributed by atoms with Crippen LogP contribution in [0.3, 0.4) is 0 Å². The van der Waals surface area contributed by atoms with Gasteiger partial charge in [-0.1, -0.05) is 23.3 Å². The fourth-order valence-corrected chi connectivity index (χ4v) is 3.10. The Morgan fingerprint density at radius 2 is 1.27 bits per heavy atom. The summed E-state index contributed by atoms with van der Waals surface area (Å²) < 4.78 is 0. The highest BCUT2D eigenvalue weighted by Crippen LogP contribution is 2.39. The molecule has 1 aliphatic rings. The van der Waals surface area contributed by atoms with Crippen molar-refractivity contribution in [3.63, 3.8) is 0 Å². The molecule has 0 fully saturated rings. The van der Waals surface area contributed by atoms with Crippen molar-refractivity contribution in [3.05, 3.63) is 36.5 Å². The Labute approximate surface area is 132 Å². The van der Waals surface area contributed by atoms with Crippen molar-refractivity contribution in [2.75, 3.05) is 0 Å². The standard InChI is InChI=1S/C18H26O4/c1-3-5-7-9-13-11-15(17(19)20)16(18(21)22)12-14(13)10-8-6-4-2/h3-4,15-16H,1-2,5-12H2,(H,19,20)(H,21,22). The van der Waals surface area contributed by atoms with Crippen molar-refractivity contribution in [1.82, 2.24) is 0 Å². The lowest BCUT2D eigenvalue weighted by Gasteiger charge is -2.30. The lowest BCUT2D eigenvalue weighted by molar-refractivity contribution is -0.154. The first-order valence-electron chi connectivity index (χ1n) is 7.88. The van der Waals surface area contributed by atoms with E-state index in [0.717, 1.165) is 49.7 Å². The summed E-state index contributed by atoms with van der Waals surface area (Å²) >= 11 is 0. The number of rotatable bonds is 10. The van der Waals surface area contributed by atoms with Gasteiger partial charge in [0.2, 0.25) is 0 Å². The molecule has 2 unspecified atom stereocenters. The number of aliphatic carboxylic acids is 2. The summed E-state index contributed by atoms with van der Waals surface area (Å²) in [6.07, 6.45) is 9.79. The molecule has 0 aliphatic heterocycles. The zero-order valence-electron chi connectivity index (χ0n) is 13.1. The van der Waals surface area contributed by atoms with E-state index in [1.54, 1.807) is 0 Å². The molecule has 0 bridgehead atoms. The normalized spacial score (nSPS) is 21.5. The van der Waals surface area contributed by atoms with E-state index >= 15 is 0 Å². The molecule has 122 valence electrons.